The summed E-state index contributed by atoms with van der Waals surface area (Å²) in [5.41, 5.74) is -3.82. The van der Waals surface area contributed by atoms with Gasteiger partial charge in [-0.25, -0.2) is 4.98 Å². The van der Waals surface area contributed by atoms with Crippen LogP contribution < -0.4 is 10.2 Å². The van der Waals surface area contributed by atoms with E-state index in [0.29, 0.717) is 44.7 Å². The van der Waals surface area contributed by atoms with Crippen molar-refractivity contribution in [1.29, 1.82) is 0 Å². The molecular weight excluding hydrogens is 544 g/mol. The van der Waals surface area contributed by atoms with Crippen molar-refractivity contribution in [3.8, 4) is 0 Å². The molecule has 1 aromatic heterocycles. The number of rotatable bonds is 8. The van der Waals surface area contributed by atoms with E-state index in [1.807, 2.05) is 9.80 Å². The van der Waals surface area contributed by atoms with Gasteiger partial charge in [0.15, 0.2) is 0 Å². The zero-order valence-electron chi connectivity index (χ0n) is 21.3. The van der Waals surface area contributed by atoms with Crippen LogP contribution in [-0.4, -0.2) is 78.1 Å². The van der Waals surface area contributed by atoms with E-state index in [1.165, 1.54) is 24.4 Å². The monoisotopic (exact) mass is 575 g/mol. The Morgan fingerprint density at radius 2 is 1.69 bits per heavy atom. The van der Waals surface area contributed by atoms with Gasteiger partial charge in [0.05, 0.1) is 11.9 Å². The van der Waals surface area contributed by atoms with E-state index in [4.69, 9.17) is 0 Å². The number of piperidine rings is 1. The lowest BCUT2D eigenvalue weighted by Crippen LogP contribution is -2.47. The molecule has 2 aliphatic heterocycles. The number of benzene rings is 1. The minimum absolute atomic E-state index is 0.0385. The quantitative estimate of drug-likeness (QED) is 0.321. The number of halogens is 6. The molecule has 0 aliphatic carbocycles. The Labute approximate surface area is 227 Å². The molecule has 0 spiro atoms. The summed E-state index contributed by atoms with van der Waals surface area (Å²) < 4.78 is 75.7. The summed E-state index contributed by atoms with van der Waals surface area (Å²) in [6.07, 6.45) is -0.311. The maximum Gasteiger partial charge on any atom is 0.446 e. The molecule has 0 radical (unpaired) electrons. The molecule has 0 unspecified atom stereocenters. The number of nitrogens with one attached hydrogen (secondary N) is 1. The zero-order valence-corrected chi connectivity index (χ0v) is 22.1. The number of likely N-dealkylation sites (tertiary alicyclic amines) is 1. The molecule has 39 heavy (non-hydrogen) atoms. The molecule has 0 saturated carbocycles. The van der Waals surface area contributed by atoms with Crippen molar-refractivity contribution in [2.24, 2.45) is 0 Å². The van der Waals surface area contributed by atoms with Crippen LogP contribution in [0, 0.1) is 0 Å². The van der Waals surface area contributed by atoms with Crippen LogP contribution in [0.5, 0.6) is 0 Å². The van der Waals surface area contributed by atoms with Gasteiger partial charge in [-0.1, -0.05) is 0 Å². The first-order valence-electron chi connectivity index (χ1n) is 12.9. The van der Waals surface area contributed by atoms with Crippen molar-refractivity contribution in [2.45, 2.75) is 48.3 Å². The molecule has 4 rings (SSSR count). The number of aromatic nitrogens is 1. The number of hydrogen-bond donors (Lipinski definition) is 1. The predicted molar refractivity (Wildman–Crippen MR) is 139 cm³/mol. The van der Waals surface area contributed by atoms with Crippen LogP contribution in [0.2, 0.25) is 0 Å². The van der Waals surface area contributed by atoms with Crippen molar-refractivity contribution in [1.82, 2.24) is 14.8 Å². The van der Waals surface area contributed by atoms with Crippen molar-refractivity contribution < 1.29 is 31.1 Å². The lowest BCUT2D eigenvalue weighted by atomic mass is 10.0. The summed E-state index contributed by atoms with van der Waals surface area (Å²) in [7, 11) is 0. The van der Waals surface area contributed by atoms with E-state index in [9.17, 15) is 31.1 Å². The molecule has 6 nitrogen and oxygen atoms in total. The molecule has 2 saturated heterocycles. The van der Waals surface area contributed by atoms with Gasteiger partial charge in [0.1, 0.15) is 5.69 Å². The number of nitrogens with zero attached hydrogens (tertiary/aromatic N) is 4. The van der Waals surface area contributed by atoms with Crippen LogP contribution in [0.25, 0.3) is 0 Å². The normalized spacial score (nSPS) is 19.3. The average molecular weight is 576 g/mol. The van der Waals surface area contributed by atoms with Crippen LogP contribution >= 0.6 is 11.8 Å². The number of alkyl halides is 6. The molecule has 1 aromatic carbocycles. The molecular formula is C26H31F6N5OS. The number of carbonyl (C=O) groups excluding carboxylic acids is 1. The number of anilines is 2. The summed E-state index contributed by atoms with van der Waals surface area (Å²) in [6, 6.07) is 8.62. The molecule has 2 aromatic rings. The van der Waals surface area contributed by atoms with Gasteiger partial charge in [0, 0.05) is 62.3 Å². The summed E-state index contributed by atoms with van der Waals surface area (Å²) in [4.78, 5) is 22.6. The van der Waals surface area contributed by atoms with Crippen LogP contribution in [0.1, 0.15) is 31.4 Å². The zero-order chi connectivity index (χ0) is 28.0. The second-order valence-corrected chi connectivity index (χ2v) is 10.9. The first-order chi connectivity index (χ1) is 18.5. The van der Waals surface area contributed by atoms with Crippen LogP contribution in [-0.2, 0) is 11.0 Å². The minimum Gasteiger partial charge on any atom is -0.381 e. The molecule has 13 heteroatoms. The SMILES string of the molecule is O=C(CCCN1CCN(c2ccc(C(F)(F)F)nc2)CC1)N1CCC[C@H](Nc2ccc(SC(F)(F)F)cc2)C1. The van der Waals surface area contributed by atoms with E-state index >= 15 is 0 Å². The highest BCUT2D eigenvalue weighted by Crippen LogP contribution is 2.37. The van der Waals surface area contributed by atoms with Gasteiger partial charge in [0.25, 0.3) is 0 Å². The Kier molecular flexibility index (Phi) is 9.52. The van der Waals surface area contributed by atoms with E-state index in [-0.39, 0.29) is 28.6 Å². The van der Waals surface area contributed by atoms with E-state index in [1.54, 1.807) is 12.1 Å². The highest BCUT2D eigenvalue weighted by molar-refractivity contribution is 8.00. The maximum absolute atomic E-state index is 12.8. The van der Waals surface area contributed by atoms with E-state index in [2.05, 4.69) is 15.2 Å². The molecule has 0 bridgehead atoms. The standard InChI is InChI=1S/C26H31F6N5OS/c27-25(28,29)23-10-7-21(17-33-23)36-15-13-35(14-16-36)11-2-4-24(38)37-12-1-3-20(18-37)34-19-5-8-22(9-6-19)39-26(30,31)32/h5-10,17,20,34H,1-4,11-16,18H2/t20-/m0/s1. The first-order valence-corrected chi connectivity index (χ1v) is 13.7. The molecule has 2 fully saturated rings. The molecule has 1 N–H and O–H groups in total. The number of carbonyl (C=O) groups is 1. The van der Waals surface area contributed by atoms with Crippen molar-refractivity contribution >= 4 is 29.0 Å². The Bertz CT molecular complexity index is 1070. The molecule has 3 heterocycles. The van der Waals surface area contributed by atoms with Gasteiger partial charge in [-0.05, 0) is 74.0 Å². The van der Waals surface area contributed by atoms with Gasteiger partial charge in [0.2, 0.25) is 5.91 Å². The van der Waals surface area contributed by atoms with Crippen LogP contribution in [0.4, 0.5) is 37.7 Å². The van der Waals surface area contributed by atoms with Crippen molar-refractivity contribution in [3.05, 3.63) is 48.3 Å². The number of hydrogen-bond acceptors (Lipinski definition) is 6. The molecule has 1 amide bonds. The fourth-order valence-electron chi connectivity index (χ4n) is 4.89. The van der Waals surface area contributed by atoms with Crippen LogP contribution in [0.15, 0.2) is 47.5 Å². The molecule has 2 aliphatic rings. The van der Waals surface area contributed by atoms with Gasteiger partial charge in [-0.2, -0.15) is 26.3 Å². The topological polar surface area (TPSA) is 51.7 Å². The molecule has 1 atom stereocenters. The predicted octanol–water partition coefficient (Wildman–Crippen LogP) is 5.72. The van der Waals surface area contributed by atoms with Gasteiger partial charge in [-0.3, -0.25) is 9.69 Å². The van der Waals surface area contributed by atoms with Crippen LogP contribution in [0.3, 0.4) is 0 Å². The number of thioether (sulfide) groups is 1. The number of amides is 1. The third kappa shape index (κ3) is 8.92. The fraction of sp³-hybridized carbons (Fsp3) is 0.538. The lowest BCUT2D eigenvalue weighted by molar-refractivity contribution is -0.141. The van der Waals surface area contributed by atoms with Gasteiger partial charge >= 0.3 is 11.7 Å². The highest BCUT2D eigenvalue weighted by atomic mass is 32.2. The third-order valence-electron chi connectivity index (χ3n) is 6.87. The highest BCUT2D eigenvalue weighted by Gasteiger charge is 2.32. The first kappa shape index (κ1) is 29.3. The maximum atomic E-state index is 12.8. The average Bonchev–Trinajstić information content (AvgIpc) is 2.89. The summed E-state index contributed by atoms with van der Waals surface area (Å²) in [5, 5.41) is 3.33. The van der Waals surface area contributed by atoms with Crippen molar-refractivity contribution in [3.63, 3.8) is 0 Å². The Morgan fingerprint density at radius 1 is 0.974 bits per heavy atom. The van der Waals surface area contributed by atoms with E-state index in [0.717, 1.165) is 44.2 Å². The largest absolute Gasteiger partial charge is 0.446 e. The number of piperazine rings is 1. The lowest BCUT2D eigenvalue weighted by Gasteiger charge is -2.36. The Balaban J connectivity index is 1.15. The second-order valence-electron chi connectivity index (χ2n) is 9.73. The third-order valence-corrected chi connectivity index (χ3v) is 7.61. The summed E-state index contributed by atoms with van der Waals surface area (Å²) in [5.74, 6) is 0.0906. The summed E-state index contributed by atoms with van der Waals surface area (Å²) >= 11 is -0.145. The van der Waals surface area contributed by atoms with Gasteiger partial charge in [-0.15, -0.1) is 0 Å². The Morgan fingerprint density at radius 3 is 2.31 bits per heavy atom. The van der Waals surface area contributed by atoms with Crippen molar-refractivity contribution in [2.75, 3.05) is 56.0 Å². The fourth-order valence-corrected chi connectivity index (χ4v) is 5.43. The second kappa shape index (κ2) is 12.7. The minimum atomic E-state index is -4.45. The van der Waals surface area contributed by atoms with E-state index < -0.39 is 17.4 Å². The smallest absolute Gasteiger partial charge is 0.381 e. The summed E-state index contributed by atoms with van der Waals surface area (Å²) in [6.45, 7) is 4.88. The Hall–Kier alpha value is -2.67. The number of pyridine rings is 1. The van der Waals surface area contributed by atoms with Gasteiger partial charge < -0.3 is 15.1 Å². The molecule has 214 valence electrons.